The van der Waals surface area contributed by atoms with E-state index in [9.17, 15) is 45.5 Å². The highest BCUT2D eigenvalue weighted by Crippen LogP contribution is 2.31. The molecular formula is C57H55F6N9O5. The maximum atomic E-state index is 13.6. The van der Waals surface area contributed by atoms with Crippen LogP contribution in [0.2, 0.25) is 0 Å². The van der Waals surface area contributed by atoms with Crippen molar-refractivity contribution >= 4 is 35.1 Å². The Morgan fingerprint density at radius 1 is 0.494 bits per heavy atom. The second-order valence-electron chi connectivity index (χ2n) is 18.3. The molecule has 1 aromatic heterocycles. The van der Waals surface area contributed by atoms with Gasteiger partial charge in [-0.2, -0.15) is 26.3 Å². The number of ketones is 1. The van der Waals surface area contributed by atoms with Crippen LogP contribution in [0.1, 0.15) is 38.5 Å². The summed E-state index contributed by atoms with van der Waals surface area (Å²) >= 11 is 0. The van der Waals surface area contributed by atoms with Crippen molar-refractivity contribution in [3.63, 3.8) is 0 Å². The number of nitrogens with one attached hydrogen (secondary N) is 1. The van der Waals surface area contributed by atoms with Crippen molar-refractivity contribution in [2.45, 2.75) is 38.5 Å². The lowest BCUT2D eigenvalue weighted by molar-refractivity contribution is -0.173. The molecule has 2 aliphatic rings. The number of carbonyl (C=O) groups is 4. The molecule has 0 spiro atoms. The molecule has 5 amide bonds. The number of hydrogen-bond donors (Lipinski definition) is 1. The van der Waals surface area contributed by atoms with Crippen LogP contribution >= 0.6 is 0 Å². The molecule has 0 radical (unpaired) electrons. The van der Waals surface area contributed by atoms with Crippen molar-refractivity contribution in [2.24, 2.45) is 0 Å². The number of nitrogens with zero attached hydrogens (tertiary/aromatic N) is 8. The summed E-state index contributed by atoms with van der Waals surface area (Å²) in [7, 11) is 0. The number of hydrogen-bond acceptors (Lipinski definition) is 9. The largest absolute Gasteiger partial charge is 0.471 e. The summed E-state index contributed by atoms with van der Waals surface area (Å²) in [5.74, 6) is -4.41. The first-order valence-electron chi connectivity index (χ1n) is 24.8. The zero-order valence-electron chi connectivity index (χ0n) is 41.7. The van der Waals surface area contributed by atoms with Gasteiger partial charge in [0.1, 0.15) is 0 Å². The number of Topliss-reactive ketones (excluding diaryl/α,β-unsaturated/α-hetero) is 1. The third-order valence-corrected chi connectivity index (χ3v) is 12.9. The fourth-order valence-corrected chi connectivity index (χ4v) is 8.71. The van der Waals surface area contributed by atoms with Crippen LogP contribution in [0.25, 0.3) is 11.5 Å². The third-order valence-electron chi connectivity index (χ3n) is 12.9. The molecule has 1 N–H and O–H groups in total. The molecule has 3 heterocycles. The Balaban J connectivity index is 0.000000204. The highest BCUT2D eigenvalue weighted by molar-refractivity contribution is 6.00. The van der Waals surface area contributed by atoms with Crippen LogP contribution < -0.4 is 15.1 Å². The normalized spacial score (nSPS) is 14.3. The molecule has 7 aromatic rings. The molecule has 77 heavy (non-hydrogen) atoms. The van der Waals surface area contributed by atoms with E-state index in [-0.39, 0.29) is 30.1 Å². The van der Waals surface area contributed by atoms with Gasteiger partial charge in [0.15, 0.2) is 5.78 Å². The Kier molecular flexibility index (Phi) is 18.1. The van der Waals surface area contributed by atoms with Crippen LogP contribution in [0, 0.1) is 0 Å². The highest BCUT2D eigenvalue weighted by atomic mass is 19.4. The number of para-hydroxylation sites is 2. The third kappa shape index (κ3) is 15.4. The summed E-state index contributed by atoms with van der Waals surface area (Å²) in [5, 5.41) is 8.16. The number of anilines is 2. The second kappa shape index (κ2) is 25.5. The van der Waals surface area contributed by atoms with E-state index in [0.717, 1.165) is 61.8 Å². The minimum absolute atomic E-state index is 0.0913. The van der Waals surface area contributed by atoms with E-state index in [1.165, 1.54) is 23.3 Å². The molecule has 14 nitrogen and oxygen atoms in total. The van der Waals surface area contributed by atoms with Gasteiger partial charge in [-0.15, -0.1) is 10.2 Å². The van der Waals surface area contributed by atoms with Crippen molar-refractivity contribution in [3.8, 4) is 11.5 Å². The molecule has 0 aliphatic carbocycles. The number of rotatable bonds is 14. The van der Waals surface area contributed by atoms with Crippen molar-refractivity contribution in [1.29, 1.82) is 0 Å². The number of halogens is 6. The monoisotopic (exact) mass is 1060 g/mol. The summed E-state index contributed by atoms with van der Waals surface area (Å²) < 4.78 is 80.2. The zero-order valence-corrected chi connectivity index (χ0v) is 41.7. The summed E-state index contributed by atoms with van der Waals surface area (Å²) in [6.45, 7) is 6.94. The average molecular weight is 1060 g/mol. The summed E-state index contributed by atoms with van der Waals surface area (Å²) in [5.41, 5.74) is 6.04. The molecule has 0 unspecified atom stereocenters. The first-order chi connectivity index (χ1) is 37.1. The smallest absolute Gasteiger partial charge is 0.413 e. The molecule has 6 aromatic carbocycles. The Morgan fingerprint density at radius 3 is 1.29 bits per heavy atom. The maximum Gasteiger partial charge on any atom is 0.471 e. The lowest BCUT2D eigenvalue weighted by Gasteiger charge is -2.37. The maximum absolute atomic E-state index is 13.6. The first kappa shape index (κ1) is 54.9. The minimum atomic E-state index is -5.05. The highest BCUT2D eigenvalue weighted by Gasteiger charge is 2.39. The lowest BCUT2D eigenvalue weighted by atomic mass is 10.1. The molecule has 20 heteroatoms. The van der Waals surface area contributed by atoms with Gasteiger partial charge in [0.25, 0.3) is 0 Å². The summed E-state index contributed by atoms with van der Waals surface area (Å²) in [6, 6.07) is 51.9. The number of benzene rings is 6. The van der Waals surface area contributed by atoms with Crippen LogP contribution in [0.15, 0.2) is 174 Å². The predicted molar refractivity (Wildman–Crippen MR) is 277 cm³/mol. The quantitative estimate of drug-likeness (QED) is 0.0833. The van der Waals surface area contributed by atoms with Gasteiger partial charge in [0.2, 0.25) is 5.89 Å². The van der Waals surface area contributed by atoms with Crippen LogP contribution in [0.3, 0.4) is 0 Å². The predicted octanol–water partition coefficient (Wildman–Crippen LogP) is 10.2. The number of aromatic nitrogens is 2. The Morgan fingerprint density at radius 2 is 0.896 bits per heavy atom. The van der Waals surface area contributed by atoms with E-state index in [1.807, 2.05) is 107 Å². The molecule has 2 aliphatic heterocycles. The van der Waals surface area contributed by atoms with Crippen LogP contribution in [0.4, 0.5) is 47.3 Å². The number of piperazine rings is 2. The van der Waals surface area contributed by atoms with Crippen molar-refractivity contribution < 1.29 is 49.9 Å². The minimum Gasteiger partial charge on any atom is -0.413 e. The molecule has 2 saturated heterocycles. The van der Waals surface area contributed by atoms with Gasteiger partial charge < -0.3 is 19.5 Å². The standard InChI is InChI=1S/C29H29F3N4O3.C28H26F3N5O2/c30-29(31,32)27(38)33-19-26(37)24-13-11-23(12-14-24)21-36(25-9-5-2-6-10-25)28(39)35-17-15-34(16-18-35)20-22-7-3-1-4-8-22;29-28(30,31)26-33-32-25(38-26)23-13-11-22(12-14-23)20-36(24-9-5-2-6-10-24)27(37)35-17-15-34(16-18-35)19-21-7-3-1-4-8-21/h1-14H,15-21H2,(H,33,38);1-14H,15-20H2. The Bertz CT molecular complexity index is 3010. The van der Waals surface area contributed by atoms with Gasteiger partial charge in [0, 0.05) is 87.9 Å². The second-order valence-corrected chi connectivity index (χ2v) is 18.3. The number of urea groups is 2. The molecule has 9 rings (SSSR count). The Hall–Kier alpha value is -8.36. The Labute approximate surface area is 441 Å². The molecule has 0 saturated carbocycles. The van der Waals surface area contributed by atoms with E-state index < -0.39 is 36.5 Å². The molecular weight excluding hydrogens is 1000 g/mol. The first-order valence-corrected chi connectivity index (χ1v) is 24.8. The van der Waals surface area contributed by atoms with Gasteiger partial charge in [-0.3, -0.25) is 29.2 Å². The van der Waals surface area contributed by atoms with Crippen molar-refractivity contribution in [2.75, 3.05) is 68.7 Å². The van der Waals surface area contributed by atoms with Crippen molar-refractivity contribution in [3.05, 3.63) is 204 Å². The van der Waals surface area contributed by atoms with Crippen molar-refractivity contribution in [1.82, 2.24) is 35.1 Å². The van der Waals surface area contributed by atoms with Crippen LogP contribution in [-0.4, -0.2) is 119 Å². The molecule has 0 bridgehead atoms. The van der Waals surface area contributed by atoms with Gasteiger partial charge in [-0.1, -0.05) is 133 Å². The van der Waals surface area contributed by atoms with Gasteiger partial charge in [-0.25, -0.2) is 9.59 Å². The van der Waals surface area contributed by atoms with E-state index >= 15 is 0 Å². The molecule has 0 atom stereocenters. The number of alkyl halides is 6. The van der Waals surface area contributed by atoms with E-state index in [4.69, 9.17) is 4.42 Å². The van der Waals surface area contributed by atoms with Gasteiger partial charge in [-0.05, 0) is 58.7 Å². The molecule has 2 fully saturated rings. The number of amides is 5. The fraction of sp³-hybridized carbons (Fsp3) is 0.263. The summed E-state index contributed by atoms with van der Waals surface area (Å²) in [6.07, 6.45) is -9.75. The SMILES string of the molecule is O=C(CNC(=O)C(F)(F)F)c1ccc(CN(C(=O)N2CCN(Cc3ccccc3)CC2)c2ccccc2)cc1.O=C(N1CCN(Cc2ccccc2)CC1)N(Cc1ccc(-c2nnc(C(F)(F)F)o2)cc1)c1ccccc1. The fourth-order valence-electron chi connectivity index (χ4n) is 8.71. The average Bonchev–Trinajstić information content (AvgIpc) is 3.97. The van der Waals surface area contributed by atoms with E-state index in [1.54, 1.807) is 51.5 Å². The van der Waals surface area contributed by atoms with E-state index in [2.05, 4.69) is 44.3 Å². The summed E-state index contributed by atoms with van der Waals surface area (Å²) in [4.78, 5) is 62.2. The molecule has 400 valence electrons. The van der Waals surface area contributed by atoms with Gasteiger partial charge >= 0.3 is 36.2 Å². The van der Waals surface area contributed by atoms with Crippen LogP contribution in [0.5, 0.6) is 0 Å². The lowest BCUT2D eigenvalue weighted by Crippen LogP contribution is -2.52. The van der Waals surface area contributed by atoms with E-state index in [0.29, 0.717) is 38.3 Å². The number of carbonyl (C=O) groups excluding carboxylic acids is 4. The van der Waals surface area contributed by atoms with Gasteiger partial charge in [0.05, 0.1) is 19.6 Å². The topological polar surface area (TPSA) is 139 Å². The zero-order chi connectivity index (χ0) is 54.4. The van der Waals surface area contributed by atoms with Crippen LogP contribution in [-0.2, 0) is 37.1 Å².